The fourth-order valence-electron chi connectivity index (χ4n) is 3.09. The molecule has 106 valence electrons. The maximum Gasteiger partial charge on any atom is 0.129 e. The summed E-state index contributed by atoms with van der Waals surface area (Å²) in [5, 5.41) is 0.506. The molecule has 2 atom stereocenters. The van der Waals surface area contributed by atoms with Crippen molar-refractivity contribution in [3.63, 3.8) is 0 Å². The third-order valence-electron chi connectivity index (χ3n) is 4.21. The summed E-state index contributed by atoms with van der Waals surface area (Å²) in [6, 6.07) is 5.30. The van der Waals surface area contributed by atoms with Gasteiger partial charge >= 0.3 is 0 Å². The molecule has 1 fully saturated rings. The van der Waals surface area contributed by atoms with Crippen LogP contribution in [0.25, 0.3) is 0 Å². The molecule has 1 aromatic rings. The molecule has 0 saturated heterocycles. The number of rotatable bonds is 4. The predicted octanol–water partition coefficient (Wildman–Crippen LogP) is 3.43. The van der Waals surface area contributed by atoms with Gasteiger partial charge in [-0.1, -0.05) is 30.5 Å². The minimum absolute atomic E-state index is 0.223. The molecule has 1 aromatic carbocycles. The van der Waals surface area contributed by atoms with Gasteiger partial charge in [0.2, 0.25) is 0 Å². The molecular weight excluding hydrogens is 263 g/mol. The van der Waals surface area contributed by atoms with Crippen molar-refractivity contribution in [2.45, 2.75) is 38.3 Å². The summed E-state index contributed by atoms with van der Waals surface area (Å²) in [4.78, 5) is 2.21. The van der Waals surface area contributed by atoms with Gasteiger partial charge in [-0.05, 0) is 44.5 Å². The van der Waals surface area contributed by atoms with E-state index in [1.54, 1.807) is 12.1 Å². The van der Waals surface area contributed by atoms with E-state index in [2.05, 4.69) is 4.90 Å². The van der Waals surface area contributed by atoms with Gasteiger partial charge in [-0.3, -0.25) is 4.90 Å². The number of hydrogen-bond acceptors (Lipinski definition) is 2. The highest BCUT2D eigenvalue weighted by Crippen LogP contribution is 2.29. The van der Waals surface area contributed by atoms with E-state index < -0.39 is 0 Å². The van der Waals surface area contributed by atoms with Crippen molar-refractivity contribution in [2.75, 3.05) is 13.6 Å². The minimum Gasteiger partial charge on any atom is -0.330 e. The Kier molecular flexibility index (Phi) is 5.20. The van der Waals surface area contributed by atoms with Gasteiger partial charge in [0.25, 0.3) is 0 Å². The first-order valence-electron chi connectivity index (χ1n) is 6.96. The molecule has 2 rings (SSSR count). The lowest BCUT2D eigenvalue weighted by Gasteiger charge is -2.37. The van der Waals surface area contributed by atoms with Crippen LogP contribution in [-0.2, 0) is 6.54 Å². The van der Waals surface area contributed by atoms with E-state index in [0.717, 1.165) is 6.42 Å². The van der Waals surface area contributed by atoms with Crippen LogP contribution in [-0.4, -0.2) is 24.5 Å². The van der Waals surface area contributed by atoms with Crippen LogP contribution < -0.4 is 5.73 Å². The van der Waals surface area contributed by atoms with Gasteiger partial charge in [-0.2, -0.15) is 0 Å². The normalized spacial score (nSPS) is 23.8. The third-order valence-corrected chi connectivity index (χ3v) is 4.56. The lowest BCUT2D eigenvalue weighted by atomic mass is 9.83. The van der Waals surface area contributed by atoms with Crippen molar-refractivity contribution in [2.24, 2.45) is 11.7 Å². The molecule has 2 nitrogen and oxygen atoms in total. The Bertz CT molecular complexity index is 404. The average Bonchev–Trinajstić information content (AvgIpc) is 2.42. The van der Waals surface area contributed by atoms with Gasteiger partial charge in [0.15, 0.2) is 0 Å². The average molecular weight is 285 g/mol. The molecule has 2 unspecified atom stereocenters. The number of hydrogen-bond donors (Lipinski definition) is 1. The summed E-state index contributed by atoms with van der Waals surface area (Å²) in [5.41, 5.74) is 6.45. The van der Waals surface area contributed by atoms with Crippen molar-refractivity contribution in [3.8, 4) is 0 Å². The molecule has 0 aliphatic heterocycles. The van der Waals surface area contributed by atoms with Crippen LogP contribution in [0.2, 0.25) is 5.02 Å². The highest BCUT2D eigenvalue weighted by molar-refractivity contribution is 6.31. The topological polar surface area (TPSA) is 29.3 Å². The molecule has 0 aromatic heterocycles. The third kappa shape index (κ3) is 3.47. The number of halogens is 2. The molecule has 1 aliphatic rings. The second-order valence-electron chi connectivity index (χ2n) is 5.46. The van der Waals surface area contributed by atoms with Crippen LogP contribution in [0.1, 0.15) is 31.2 Å². The maximum absolute atomic E-state index is 13.8. The van der Waals surface area contributed by atoms with Gasteiger partial charge in [-0.25, -0.2) is 4.39 Å². The van der Waals surface area contributed by atoms with E-state index >= 15 is 0 Å². The number of nitrogens with zero attached hydrogens (tertiary/aromatic N) is 1. The zero-order chi connectivity index (χ0) is 13.8. The highest BCUT2D eigenvalue weighted by Gasteiger charge is 2.27. The van der Waals surface area contributed by atoms with Gasteiger partial charge in [-0.15, -0.1) is 0 Å². The van der Waals surface area contributed by atoms with Gasteiger partial charge < -0.3 is 5.73 Å². The SMILES string of the molecule is CN(Cc1c(F)cccc1Cl)C1CCCCC1CN. The molecule has 4 heteroatoms. The highest BCUT2D eigenvalue weighted by atomic mass is 35.5. The van der Waals surface area contributed by atoms with Crippen LogP contribution in [0.15, 0.2) is 18.2 Å². The molecule has 2 N–H and O–H groups in total. The summed E-state index contributed by atoms with van der Waals surface area (Å²) < 4.78 is 13.8. The van der Waals surface area contributed by atoms with E-state index in [4.69, 9.17) is 17.3 Å². The molecule has 0 radical (unpaired) electrons. The second kappa shape index (κ2) is 6.69. The summed E-state index contributed by atoms with van der Waals surface area (Å²) in [5.74, 6) is 0.295. The summed E-state index contributed by atoms with van der Waals surface area (Å²) in [6.07, 6.45) is 4.81. The van der Waals surface area contributed by atoms with Crippen molar-refractivity contribution < 1.29 is 4.39 Å². The molecule has 0 bridgehead atoms. The summed E-state index contributed by atoms with van der Waals surface area (Å²) in [6.45, 7) is 1.26. The van der Waals surface area contributed by atoms with Crippen LogP contribution in [0.3, 0.4) is 0 Å². The Morgan fingerprint density at radius 3 is 2.79 bits per heavy atom. The van der Waals surface area contributed by atoms with E-state index in [1.807, 2.05) is 7.05 Å². The zero-order valence-electron chi connectivity index (χ0n) is 11.4. The van der Waals surface area contributed by atoms with Crippen molar-refractivity contribution in [3.05, 3.63) is 34.6 Å². The zero-order valence-corrected chi connectivity index (χ0v) is 12.2. The largest absolute Gasteiger partial charge is 0.330 e. The van der Waals surface area contributed by atoms with Gasteiger partial charge in [0, 0.05) is 23.2 Å². The van der Waals surface area contributed by atoms with E-state index in [-0.39, 0.29) is 5.82 Å². The van der Waals surface area contributed by atoms with E-state index in [9.17, 15) is 4.39 Å². The van der Waals surface area contributed by atoms with Crippen molar-refractivity contribution >= 4 is 11.6 Å². The standard InChI is InChI=1S/C15H22ClFN2/c1-19(15-8-3-2-5-11(15)9-18)10-12-13(16)6-4-7-14(12)17/h4,6-7,11,15H,2-3,5,8-10,18H2,1H3. The van der Waals surface area contributed by atoms with Crippen LogP contribution >= 0.6 is 11.6 Å². The van der Waals surface area contributed by atoms with Gasteiger partial charge in [0.05, 0.1) is 0 Å². The number of benzene rings is 1. The monoisotopic (exact) mass is 284 g/mol. The Morgan fingerprint density at radius 2 is 2.11 bits per heavy atom. The second-order valence-corrected chi connectivity index (χ2v) is 5.87. The van der Waals surface area contributed by atoms with Crippen molar-refractivity contribution in [1.29, 1.82) is 0 Å². The van der Waals surface area contributed by atoms with E-state index in [0.29, 0.717) is 35.6 Å². The van der Waals surface area contributed by atoms with E-state index in [1.165, 1.54) is 25.3 Å². The first-order valence-corrected chi connectivity index (χ1v) is 7.34. The molecule has 0 spiro atoms. The first kappa shape index (κ1) is 14.8. The molecule has 0 amide bonds. The Balaban J connectivity index is 2.09. The maximum atomic E-state index is 13.8. The number of nitrogens with two attached hydrogens (primary N) is 1. The molecule has 0 heterocycles. The Morgan fingerprint density at radius 1 is 1.37 bits per heavy atom. The molecule has 19 heavy (non-hydrogen) atoms. The van der Waals surface area contributed by atoms with Gasteiger partial charge in [0.1, 0.15) is 5.82 Å². The smallest absolute Gasteiger partial charge is 0.129 e. The van der Waals surface area contributed by atoms with Crippen LogP contribution in [0.4, 0.5) is 4.39 Å². The fraction of sp³-hybridized carbons (Fsp3) is 0.600. The lowest BCUT2D eigenvalue weighted by Crippen LogP contribution is -2.42. The minimum atomic E-state index is -0.223. The van der Waals surface area contributed by atoms with Crippen LogP contribution in [0, 0.1) is 11.7 Å². The quantitative estimate of drug-likeness (QED) is 0.918. The van der Waals surface area contributed by atoms with Crippen molar-refractivity contribution in [1.82, 2.24) is 4.90 Å². The Labute approximate surface area is 119 Å². The summed E-state index contributed by atoms with van der Waals surface area (Å²) in [7, 11) is 2.04. The molecule has 1 aliphatic carbocycles. The fourth-order valence-corrected chi connectivity index (χ4v) is 3.32. The first-order chi connectivity index (χ1) is 9.13. The Hall–Kier alpha value is -0.640. The molecular formula is C15H22ClFN2. The molecule has 1 saturated carbocycles. The predicted molar refractivity (Wildman–Crippen MR) is 77.7 cm³/mol. The lowest BCUT2D eigenvalue weighted by molar-refractivity contribution is 0.126. The van der Waals surface area contributed by atoms with Crippen LogP contribution in [0.5, 0.6) is 0 Å². The summed E-state index contributed by atoms with van der Waals surface area (Å²) >= 11 is 6.09.